The van der Waals surface area contributed by atoms with E-state index in [0.29, 0.717) is 28.9 Å². The summed E-state index contributed by atoms with van der Waals surface area (Å²) in [7, 11) is 0. The molecule has 2 aliphatic rings. The molecule has 2 aliphatic heterocycles. The van der Waals surface area contributed by atoms with Crippen molar-refractivity contribution in [2.24, 2.45) is 0 Å². The van der Waals surface area contributed by atoms with Crippen molar-refractivity contribution < 1.29 is 9.84 Å². The number of pyridine rings is 2. The van der Waals surface area contributed by atoms with Gasteiger partial charge in [0.15, 0.2) is 0 Å². The van der Waals surface area contributed by atoms with Gasteiger partial charge in [-0.05, 0) is 44.9 Å². The molecule has 8 nitrogen and oxygen atoms in total. The van der Waals surface area contributed by atoms with E-state index in [-0.39, 0.29) is 6.61 Å². The van der Waals surface area contributed by atoms with Crippen LogP contribution in [0.3, 0.4) is 0 Å². The standard InChI is InChI=1S/C23H26N6O2/c1-23(2,30)14-31-19-7-20(22-16(8-24)10-26-29(22)13-19)15-3-6-21(25-9-15)28-11-17-4-5-18(12-28)27-17/h3,6-7,9-10,13,17-18,27,30H,4-5,11-12,14H2,1-2H3. The molecule has 2 saturated heterocycles. The minimum Gasteiger partial charge on any atom is -0.489 e. The van der Waals surface area contributed by atoms with Crippen molar-refractivity contribution >= 4 is 11.3 Å². The van der Waals surface area contributed by atoms with Gasteiger partial charge in [0.05, 0.1) is 29.1 Å². The number of nitrogens with zero attached hydrogens (tertiary/aromatic N) is 5. The highest BCUT2D eigenvalue weighted by Crippen LogP contribution is 2.32. The smallest absolute Gasteiger partial charge is 0.138 e. The van der Waals surface area contributed by atoms with Gasteiger partial charge < -0.3 is 20.1 Å². The molecule has 0 spiro atoms. The highest BCUT2D eigenvalue weighted by molar-refractivity contribution is 5.85. The van der Waals surface area contributed by atoms with Crippen molar-refractivity contribution in [3.8, 4) is 22.9 Å². The first-order valence-corrected chi connectivity index (χ1v) is 10.6. The average molecular weight is 419 g/mol. The summed E-state index contributed by atoms with van der Waals surface area (Å²) in [6, 6.07) is 9.28. The fourth-order valence-corrected chi connectivity index (χ4v) is 4.45. The van der Waals surface area contributed by atoms with Crippen LogP contribution in [0, 0.1) is 11.3 Å². The highest BCUT2D eigenvalue weighted by atomic mass is 16.5. The van der Waals surface area contributed by atoms with Crippen molar-refractivity contribution in [3.05, 3.63) is 42.4 Å². The summed E-state index contributed by atoms with van der Waals surface area (Å²) in [5.74, 6) is 1.54. The highest BCUT2D eigenvalue weighted by Gasteiger charge is 2.32. The predicted molar refractivity (Wildman–Crippen MR) is 117 cm³/mol. The molecule has 2 N–H and O–H groups in total. The Morgan fingerprint density at radius 1 is 1.26 bits per heavy atom. The fraction of sp³-hybridized carbons (Fsp3) is 0.435. The van der Waals surface area contributed by atoms with E-state index in [9.17, 15) is 10.4 Å². The Balaban J connectivity index is 1.49. The van der Waals surface area contributed by atoms with Gasteiger partial charge in [0.1, 0.15) is 24.2 Å². The Bertz CT molecular complexity index is 1130. The average Bonchev–Trinajstić information content (AvgIpc) is 3.33. The molecule has 0 saturated carbocycles. The molecular formula is C23H26N6O2. The zero-order chi connectivity index (χ0) is 21.6. The molecule has 0 radical (unpaired) electrons. The third kappa shape index (κ3) is 3.94. The molecule has 2 atom stereocenters. The van der Waals surface area contributed by atoms with Crippen LogP contribution in [0.2, 0.25) is 0 Å². The number of rotatable bonds is 5. The maximum absolute atomic E-state index is 10.0. The van der Waals surface area contributed by atoms with Gasteiger partial charge in [0, 0.05) is 42.5 Å². The summed E-state index contributed by atoms with van der Waals surface area (Å²) in [4.78, 5) is 7.09. The second-order valence-electron chi connectivity index (χ2n) is 9.10. The Hall–Kier alpha value is -3.15. The number of piperazine rings is 1. The number of aliphatic hydroxyl groups is 1. The lowest BCUT2D eigenvalue weighted by molar-refractivity contribution is 0.0283. The van der Waals surface area contributed by atoms with Gasteiger partial charge >= 0.3 is 0 Å². The molecule has 160 valence electrons. The molecule has 0 aliphatic carbocycles. The van der Waals surface area contributed by atoms with Crippen molar-refractivity contribution in [1.29, 1.82) is 5.26 Å². The first-order valence-electron chi connectivity index (χ1n) is 10.6. The predicted octanol–water partition coefficient (Wildman–Crippen LogP) is 2.36. The molecule has 3 aromatic heterocycles. The fourth-order valence-electron chi connectivity index (χ4n) is 4.45. The molecule has 0 aromatic carbocycles. The zero-order valence-electron chi connectivity index (χ0n) is 17.7. The van der Waals surface area contributed by atoms with E-state index >= 15 is 0 Å². The SMILES string of the molecule is CC(C)(O)COc1cc(-c2ccc(N3CC4CCC(C3)N4)nc2)c2c(C#N)cnn2c1. The van der Waals surface area contributed by atoms with Crippen LogP contribution in [-0.4, -0.2) is 57.1 Å². The van der Waals surface area contributed by atoms with E-state index in [1.165, 1.54) is 12.8 Å². The molecule has 31 heavy (non-hydrogen) atoms. The van der Waals surface area contributed by atoms with Gasteiger partial charge in [-0.2, -0.15) is 10.4 Å². The Kier molecular flexibility index (Phi) is 4.80. The Morgan fingerprint density at radius 3 is 2.68 bits per heavy atom. The quantitative estimate of drug-likeness (QED) is 0.656. The number of fused-ring (bicyclic) bond motifs is 3. The summed E-state index contributed by atoms with van der Waals surface area (Å²) in [6.45, 7) is 5.49. The summed E-state index contributed by atoms with van der Waals surface area (Å²) in [6.07, 6.45) is 7.59. The second kappa shape index (κ2) is 7.52. The lowest BCUT2D eigenvalue weighted by Gasteiger charge is -2.33. The maximum Gasteiger partial charge on any atom is 0.138 e. The third-order valence-corrected chi connectivity index (χ3v) is 5.90. The van der Waals surface area contributed by atoms with Gasteiger partial charge in [-0.15, -0.1) is 0 Å². The summed E-state index contributed by atoms with van der Waals surface area (Å²) < 4.78 is 7.45. The van der Waals surface area contributed by atoms with Crippen LogP contribution in [-0.2, 0) is 0 Å². The van der Waals surface area contributed by atoms with E-state index in [1.54, 1.807) is 30.8 Å². The monoisotopic (exact) mass is 418 g/mol. The van der Waals surface area contributed by atoms with E-state index in [0.717, 1.165) is 30.0 Å². The summed E-state index contributed by atoms with van der Waals surface area (Å²) in [5, 5.41) is 27.5. The van der Waals surface area contributed by atoms with Crippen molar-refractivity contribution in [2.75, 3.05) is 24.6 Å². The Labute approximate surface area is 181 Å². The largest absolute Gasteiger partial charge is 0.489 e. The normalized spacial score (nSPS) is 20.8. The van der Waals surface area contributed by atoms with Crippen LogP contribution in [0.25, 0.3) is 16.6 Å². The van der Waals surface area contributed by atoms with Gasteiger partial charge in [0.2, 0.25) is 0 Å². The van der Waals surface area contributed by atoms with Gasteiger partial charge in [-0.25, -0.2) is 9.50 Å². The number of hydrogen-bond acceptors (Lipinski definition) is 7. The molecule has 2 bridgehead atoms. The molecule has 0 amide bonds. The molecule has 8 heteroatoms. The van der Waals surface area contributed by atoms with Crippen LogP contribution in [0.15, 0.2) is 36.8 Å². The van der Waals surface area contributed by atoms with Crippen LogP contribution >= 0.6 is 0 Å². The number of aromatic nitrogens is 3. The second-order valence-corrected chi connectivity index (χ2v) is 9.10. The zero-order valence-corrected chi connectivity index (χ0v) is 17.7. The molecule has 5 heterocycles. The lowest BCUT2D eigenvalue weighted by atomic mass is 10.0. The number of ether oxygens (including phenoxy) is 1. The first-order chi connectivity index (χ1) is 14.9. The van der Waals surface area contributed by atoms with E-state index in [1.807, 2.05) is 24.4 Å². The summed E-state index contributed by atoms with van der Waals surface area (Å²) >= 11 is 0. The Morgan fingerprint density at radius 2 is 2.03 bits per heavy atom. The minimum absolute atomic E-state index is 0.146. The molecule has 2 unspecified atom stereocenters. The van der Waals surface area contributed by atoms with Crippen LogP contribution < -0.4 is 15.0 Å². The summed E-state index contributed by atoms with van der Waals surface area (Å²) in [5.41, 5.74) is 1.96. The number of hydrogen-bond donors (Lipinski definition) is 2. The van der Waals surface area contributed by atoms with Crippen molar-refractivity contribution in [1.82, 2.24) is 19.9 Å². The third-order valence-electron chi connectivity index (χ3n) is 5.90. The maximum atomic E-state index is 10.0. The number of nitriles is 1. The number of nitrogens with one attached hydrogen (secondary N) is 1. The first kappa shape index (κ1) is 19.8. The molecule has 3 aromatic rings. The van der Waals surface area contributed by atoms with Gasteiger partial charge in [-0.1, -0.05) is 0 Å². The minimum atomic E-state index is -0.955. The van der Waals surface area contributed by atoms with Crippen LogP contribution in [0.5, 0.6) is 5.75 Å². The van der Waals surface area contributed by atoms with Gasteiger partial charge in [-0.3, -0.25) is 0 Å². The molecule has 2 fully saturated rings. The van der Waals surface area contributed by atoms with E-state index < -0.39 is 5.60 Å². The van der Waals surface area contributed by atoms with E-state index in [4.69, 9.17) is 9.72 Å². The van der Waals surface area contributed by atoms with Crippen LogP contribution in [0.1, 0.15) is 32.3 Å². The van der Waals surface area contributed by atoms with Gasteiger partial charge in [0.25, 0.3) is 0 Å². The molecule has 5 rings (SSSR count). The lowest BCUT2D eigenvalue weighted by Crippen LogP contribution is -2.51. The molecular weight excluding hydrogens is 392 g/mol. The number of anilines is 1. The van der Waals surface area contributed by atoms with Crippen molar-refractivity contribution in [2.45, 2.75) is 44.4 Å². The van der Waals surface area contributed by atoms with Crippen LogP contribution in [0.4, 0.5) is 5.82 Å². The van der Waals surface area contributed by atoms with E-state index in [2.05, 4.69) is 21.4 Å². The topological polar surface area (TPSA) is 98.7 Å². The van der Waals surface area contributed by atoms with Crippen molar-refractivity contribution in [3.63, 3.8) is 0 Å².